The van der Waals surface area contributed by atoms with E-state index in [2.05, 4.69) is 10.3 Å². The van der Waals surface area contributed by atoms with Crippen LogP contribution in [0.25, 0.3) is 11.0 Å². The van der Waals surface area contributed by atoms with Crippen LogP contribution in [0.2, 0.25) is 5.02 Å². The molecule has 0 unspecified atom stereocenters. The first-order valence-corrected chi connectivity index (χ1v) is 7.59. The van der Waals surface area contributed by atoms with Crippen molar-refractivity contribution in [1.82, 2.24) is 14.9 Å². The number of nitrogens with zero attached hydrogens (tertiary/aromatic N) is 2. The largest absolute Gasteiger partial charge is 0.352 e. The average molecular weight is 312 g/mol. The van der Waals surface area contributed by atoms with Gasteiger partial charge in [0.25, 0.3) is 0 Å². The van der Waals surface area contributed by atoms with Crippen LogP contribution in [0.15, 0.2) is 18.2 Å². The van der Waals surface area contributed by atoms with Gasteiger partial charge < -0.3 is 9.88 Å². The van der Waals surface area contributed by atoms with Gasteiger partial charge in [-0.3, -0.25) is 4.79 Å². The number of hydrogen-bond acceptors (Lipinski definition) is 2. The fourth-order valence-corrected chi connectivity index (χ4v) is 2.72. The van der Waals surface area contributed by atoms with E-state index in [-0.39, 0.29) is 12.5 Å². The van der Waals surface area contributed by atoms with Gasteiger partial charge in [0, 0.05) is 18.3 Å². The molecule has 2 aromatic rings. The molecule has 1 aromatic carbocycles. The molecular weight excluding hydrogens is 297 g/mol. The molecule has 0 atom stereocenters. The van der Waals surface area contributed by atoms with Crippen LogP contribution < -0.4 is 5.32 Å². The lowest BCUT2D eigenvalue weighted by Crippen LogP contribution is -2.29. The summed E-state index contributed by atoms with van der Waals surface area (Å²) in [6.45, 7) is 0.239. The third-order valence-corrected chi connectivity index (χ3v) is 3.85. The van der Waals surface area contributed by atoms with Gasteiger partial charge >= 0.3 is 0 Å². The summed E-state index contributed by atoms with van der Waals surface area (Å²) in [4.78, 5) is 16.6. The van der Waals surface area contributed by atoms with E-state index in [1.54, 1.807) is 0 Å². The topological polar surface area (TPSA) is 46.9 Å². The van der Waals surface area contributed by atoms with Gasteiger partial charge in [-0.2, -0.15) is 0 Å². The maximum Gasteiger partial charge on any atom is 0.240 e. The quantitative estimate of drug-likeness (QED) is 0.863. The first kappa shape index (κ1) is 13.7. The monoisotopic (exact) mass is 311 g/mol. The molecule has 0 aliphatic heterocycles. The van der Waals surface area contributed by atoms with Crippen molar-refractivity contribution in [2.24, 2.45) is 0 Å². The Balaban J connectivity index is 1.96. The van der Waals surface area contributed by atoms with Gasteiger partial charge in [0.2, 0.25) is 5.91 Å². The Hall–Kier alpha value is -1.26. The molecule has 6 heteroatoms. The van der Waals surface area contributed by atoms with Crippen LogP contribution in [0, 0.1) is 0 Å². The Labute approximate surface area is 127 Å². The van der Waals surface area contributed by atoms with E-state index in [9.17, 15) is 4.79 Å². The summed E-state index contributed by atoms with van der Waals surface area (Å²) in [5.74, 6) is 1.27. The highest BCUT2D eigenvalue weighted by Gasteiger charge is 2.24. The number of halogens is 2. The molecule has 1 N–H and O–H groups in total. The Morgan fingerprint density at radius 1 is 1.45 bits per heavy atom. The van der Waals surface area contributed by atoms with Gasteiger partial charge in [-0.05, 0) is 25.0 Å². The molecule has 3 rings (SSSR count). The predicted octanol–water partition coefficient (Wildman–Crippen LogP) is 2.75. The van der Waals surface area contributed by atoms with E-state index in [0.717, 1.165) is 29.7 Å². The minimum absolute atomic E-state index is 0.00235. The smallest absolute Gasteiger partial charge is 0.240 e. The zero-order chi connectivity index (χ0) is 14.1. The van der Waals surface area contributed by atoms with Crippen LogP contribution in [0.4, 0.5) is 0 Å². The maximum atomic E-state index is 12.0. The van der Waals surface area contributed by atoms with E-state index in [1.165, 1.54) is 0 Å². The standard InChI is InChI=1S/C14H15Cl2N3O/c15-7-6-12-18-11-3-1-2-10(16)14(11)19(12)8-13(20)17-9-4-5-9/h1-3,9H,4-8H2,(H,17,20). The first-order chi connectivity index (χ1) is 9.69. The van der Waals surface area contributed by atoms with Crippen molar-refractivity contribution in [3.63, 3.8) is 0 Å². The predicted molar refractivity (Wildman–Crippen MR) is 80.3 cm³/mol. The molecule has 0 spiro atoms. The van der Waals surface area contributed by atoms with Crippen LogP contribution in [-0.2, 0) is 17.8 Å². The highest BCUT2D eigenvalue weighted by Crippen LogP contribution is 2.25. The van der Waals surface area contributed by atoms with Gasteiger partial charge in [0.1, 0.15) is 12.4 Å². The number of benzene rings is 1. The highest BCUT2D eigenvalue weighted by molar-refractivity contribution is 6.35. The SMILES string of the molecule is O=C(Cn1c(CCCl)nc2cccc(Cl)c21)NC1CC1. The molecule has 4 nitrogen and oxygen atoms in total. The van der Waals surface area contributed by atoms with Gasteiger partial charge in [0.05, 0.1) is 16.1 Å². The number of imidazole rings is 1. The zero-order valence-electron chi connectivity index (χ0n) is 10.9. The zero-order valence-corrected chi connectivity index (χ0v) is 12.4. The first-order valence-electron chi connectivity index (χ1n) is 6.68. The van der Waals surface area contributed by atoms with Crippen LogP contribution in [0.5, 0.6) is 0 Å². The number of carbonyl (C=O) groups is 1. The molecule has 1 heterocycles. The summed E-state index contributed by atoms with van der Waals surface area (Å²) >= 11 is 12.1. The third-order valence-electron chi connectivity index (χ3n) is 3.36. The number of rotatable bonds is 5. The number of hydrogen-bond donors (Lipinski definition) is 1. The minimum atomic E-state index is 0.00235. The molecule has 0 radical (unpaired) electrons. The van der Waals surface area contributed by atoms with Crippen molar-refractivity contribution in [3.05, 3.63) is 29.0 Å². The van der Waals surface area contributed by atoms with E-state index in [0.29, 0.717) is 23.4 Å². The minimum Gasteiger partial charge on any atom is -0.352 e. The van der Waals surface area contributed by atoms with Crippen LogP contribution >= 0.6 is 23.2 Å². The molecule has 0 saturated heterocycles. The van der Waals surface area contributed by atoms with Crippen molar-refractivity contribution < 1.29 is 4.79 Å². The molecule has 20 heavy (non-hydrogen) atoms. The van der Waals surface area contributed by atoms with E-state index >= 15 is 0 Å². The Bertz CT molecular complexity index is 649. The number of aromatic nitrogens is 2. The summed E-state index contributed by atoms with van der Waals surface area (Å²) in [5.41, 5.74) is 1.61. The molecule has 1 amide bonds. The fraction of sp³-hybridized carbons (Fsp3) is 0.429. The normalized spacial score (nSPS) is 14.7. The number of nitrogens with one attached hydrogen (secondary N) is 1. The molecule has 1 aliphatic carbocycles. The molecule has 1 fully saturated rings. The number of fused-ring (bicyclic) bond motifs is 1. The highest BCUT2D eigenvalue weighted by atomic mass is 35.5. The molecule has 0 bridgehead atoms. The molecule has 1 aromatic heterocycles. The van der Waals surface area contributed by atoms with Crippen molar-refractivity contribution >= 4 is 40.1 Å². The van der Waals surface area contributed by atoms with Gasteiger partial charge in [-0.25, -0.2) is 4.98 Å². The number of aryl methyl sites for hydroxylation is 1. The molecule has 106 valence electrons. The second-order valence-corrected chi connectivity index (χ2v) is 5.79. The Kier molecular flexibility index (Phi) is 3.85. The number of para-hydroxylation sites is 1. The van der Waals surface area contributed by atoms with Crippen LogP contribution in [-0.4, -0.2) is 27.4 Å². The van der Waals surface area contributed by atoms with E-state index in [4.69, 9.17) is 23.2 Å². The summed E-state index contributed by atoms with van der Waals surface area (Å²) in [6.07, 6.45) is 2.76. The van der Waals surface area contributed by atoms with E-state index < -0.39 is 0 Å². The molecule has 1 aliphatic rings. The van der Waals surface area contributed by atoms with Crippen molar-refractivity contribution in [2.75, 3.05) is 5.88 Å². The average Bonchev–Trinajstić information content (AvgIpc) is 3.14. The Morgan fingerprint density at radius 2 is 2.25 bits per heavy atom. The lowest BCUT2D eigenvalue weighted by molar-refractivity contribution is -0.121. The van der Waals surface area contributed by atoms with Crippen molar-refractivity contribution in [3.8, 4) is 0 Å². The number of alkyl halides is 1. The van der Waals surface area contributed by atoms with Gasteiger partial charge in [-0.15, -0.1) is 11.6 Å². The number of carbonyl (C=O) groups excluding carboxylic acids is 1. The summed E-state index contributed by atoms with van der Waals surface area (Å²) in [7, 11) is 0. The van der Waals surface area contributed by atoms with Crippen LogP contribution in [0.3, 0.4) is 0 Å². The Morgan fingerprint density at radius 3 is 2.95 bits per heavy atom. The molecule has 1 saturated carbocycles. The fourth-order valence-electron chi connectivity index (χ4n) is 2.28. The van der Waals surface area contributed by atoms with Crippen LogP contribution in [0.1, 0.15) is 18.7 Å². The summed E-state index contributed by atoms with van der Waals surface area (Å²) in [5, 5.41) is 3.59. The summed E-state index contributed by atoms with van der Waals surface area (Å²) < 4.78 is 1.87. The number of amides is 1. The lowest BCUT2D eigenvalue weighted by Gasteiger charge is -2.09. The molecular formula is C14H15Cl2N3O. The second kappa shape index (κ2) is 5.62. The maximum absolute atomic E-state index is 12.0. The summed E-state index contributed by atoms with van der Waals surface area (Å²) in [6, 6.07) is 5.92. The second-order valence-electron chi connectivity index (χ2n) is 5.00. The van der Waals surface area contributed by atoms with E-state index in [1.807, 2.05) is 22.8 Å². The van der Waals surface area contributed by atoms with Gasteiger partial charge in [-0.1, -0.05) is 17.7 Å². The third kappa shape index (κ3) is 2.76. The lowest BCUT2D eigenvalue weighted by atomic mass is 10.3. The van der Waals surface area contributed by atoms with Crippen molar-refractivity contribution in [1.29, 1.82) is 0 Å². The van der Waals surface area contributed by atoms with Crippen molar-refractivity contribution in [2.45, 2.75) is 31.8 Å². The van der Waals surface area contributed by atoms with Gasteiger partial charge in [0.15, 0.2) is 0 Å².